The summed E-state index contributed by atoms with van der Waals surface area (Å²) in [5.74, 6) is 1.78. The molecular formula is C15H24N4O2. The van der Waals surface area contributed by atoms with Crippen molar-refractivity contribution < 1.29 is 9.32 Å². The van der Waals surface area contributed by atoms with Crippen molar-refractivity contribution in [2.24, 2.45) is 5.92 Å². The predicted octanol–water partition coefficient (Wildman–Crippen LogP) is 0.659. The minimum Gasteiger partial charge on any atom is -0.360 e. The molecule has 1 amide bonds. The Labute approximate surface area is 125 Å². The molecule has 0 aromatic carbocycles. The Morgan fingerprint density at radius 3 is 2.71 bits per heavy atom. The molecule has 2 aliphatic heterocycles. The van der Waals surface area contributed by atoms with Crippen LogP contribution in [0.3, 0.4) is 0 Å². The average Bonchev–Trinajstić information content (AvgIpc) is 3.09. The number of likely N-dealkylation sites (tertiary alicyclic amines) is 1. The summed E-state index contributed by atoms with van der Waals surface area (Å²) in [6, 6.07) is 2.52. The van der Waals surface area contributed by atoms with Gasteiger partial charge >= 0.3 is 0 Å². The number of carbonyl (C=O) groups excluding carboxylic acids is 1. The number of hydrogen-bond acceptors (Lipinski definition) is 5. The van der Waals surface area contributed by atoms with Crippen molar-refractivity contribution in [3.05, 3.63) is 18.0 Å². The van der Waals surface area contributed by atoms with Gasteiger partial charge in [-0.05, 0) is 5.92 Å². The van der Waals surface area contributed by atoms with Gasteiger partial charge in [-0.2, -0.15) is 0 Å². The van der Waals surface area contributed by atoms with E-state index in [-0.39, 0.29) is 5.91 Å². The molecule has 2 atom stereocenters. The lowest BCUT2D eigenvalue weighted by Gasteiger charge is -2.39. The largest absolute Gasteiger partial charge is 0.360 e. The third kappa shape index (κ3) is 3.27. The molecule has 0 spiro atoms. The molecule has 0 N–H and O–H groups in total. The van der Waals surface area contributed by atoms with Gasteiger partial charge in [-0.25, -0.2) is 0 Å². The number of carbonyl (C=O) groups is 1. The van der Waals surface area contributed by atoms with Crippen molar-refractivity contribution in [2.75, 3.05) is 39.3 Å². The molecule has 1 aromatic rings. The Balaban J connectivity index is 1.53. The maximum Gasteiger partial charge on any atom is 0.219 e. The van der Waals surface area contributed by atoms with E-state index in [0.29, 0.717) is 12.0 Å². The van der Waals surface area contributed by atoms with Gasteiger partial charge in [-0.15, -0.1) is 0 Å². The Morgan fingerprint density at radius 1 is 1.33 bits per heavy atom. The standard InChI is InChI=1S/C15H24N4O2/c1-12-9-17(10-14-3-4-16-21-14)11-15(12)19-7-5-18(6-8-19)13(2)20/h3-4,12,15H,5-11H2,1-2H3/t12-,15-/m1/s1. The molecule has 0 unspecified atom stereocenters. The maximum atomic E-state index is 11.4. The van der Waals surface area contributed by atoms with E-state index in [0.717, 1.165) is 51.6 Å². The van der Waals surface area contributed by atoms with Crippen LogP contribution in [0.25, 0.3) is 0 Å². The number of aromatic nitrogens is 1. The Kier molecular flexibility index (Phi) is 4.26. The van der Waals surface area contributed by atoms with Crippen molar-refractivity contribution in [3.63, 3.8) is 0 Å². The first kappa shape index (κ1) is 14.5. The SMILES string of the molecule is CC(=O)N1CCN([C@@H]2CN(Cc3ccno3)C[C@H]2C)CC1. The van der Waals surface area contributed by atoms with E-state index in [2.05, 4.69) is 21.9 Å². The van der Waals surface area contributed by atoms with Gasteiger partial charge in [-0.3, -0.25) is 14.6 Å². The first-order valence-electron chi connectivity index (χ1n) is 7.75. The molecule has 2 fully saturated rings. The molecule has 1 aromatic heterocycles. The fourth-order valence-electron chi connectivity index (χ4n) is 3.56. The van der Waals surface area contributed by atoms with Gasteiger partial charge in [0.2, 0.25) is 5.91 Å². The molecule has 2 saturated heterocycles. The van der Waals surface area contributed by atoms with E-state index < -0.39 is 0 Å². The quantitative estimate of drug-likeness (QED) is 0.819. The molecule has 3 heterocycles. The fraction of sp³-hybridized carbons (Fsp3) is 0.733. The van der Waals surface area contributed by atoms with E-state index in [9.17, 15) is 4.79 Å². The second-order valence-corrected chi connectivity index (χ2v) is 6.26. The highest BCUT2D eigenvalue weighted by molar-refractivity contribution is 5.73. The van der Waals surface area contributed by atoms with E-state index in [4.69, 9.17) is 4.52 Å². The van der Waals surface area contributed by atoms with Crippen LogP contribution in [0.5, 0.6) is 0 Å². The Morgan fingerprint density at radius 2 is 2.10 bits per heavy atom. The topological polar surface area (TPSA) is 52.8 Å². The van der Waals surface area contributed by atoms with Crippen molar-refractivity contribution in [1.82, 2.24) is 19.9 Å². The highest BCUT2D eigenvalue weighted by atomic mass is 16.5. The second-order valence-electron chi connectivity index (χ2n) is 6.26. The van der Waals surface area contributed by atoms with E-state index in [1.165, 1.54) is 0 Å². The summed E-state index contributed by atoms with van der Waals surface area (Å²) in [6.45, 7) is 10.7. The lowest BCUT2D eigenvalue weighted by Crippen LogP contribution is -2.53. The van der Waals surface area contributed by atoms with Gasteiger partial charge in [0.25, 0.3) is 0 Å². The van der Waals surface area contributed by atoms with Gasteiger partial charge in [0.1, 0.15) is 0 Å². The summed E-state index contributed by atoms with van der Waals surface area (Å²) in [5, 5.41) is 3.77. The number of rotatable bonds is 3. The van der Waals surface area contributed by atoms with Crippen LogP contribution >= 0.6 is 0 Å². The summed E-state index contributed by atoms with van der Waals surface area (Å²) in [6.07, 6.45) is 1.70. The molecule has 21 heavy (non-hydrogen) atoms. The van der Waals surface area contributed by atoms with Crippen LogP contribution in [0.15, 0.2) is 16.8 Å². The number of amides is 1. The smallest absolute Gasteiger partial charge is 0.219 e. The lowest BCUT2D eigenvalue weighted by atomic mass is 10.0. The Hall–Kier alpha value is -1.40. The summed E-state index contributed by atoms with van der Waals surface area (Å²) in [4.78, 5) is 18.3. The van der Waals surface area contributed by atoms with E-state index in [1.54, 1.807) is 13.1 Å². The molecular weight excluding hydrogens is 268 g/mol. The molecule has 6 heteroatoms. The van der Waals surface area contributed by atoms with Crippen molar-refractivity contribution >= 4 is 5.91 Å². The van der Waals surface area contributed by atoms with E-state index in [1.807, 2.05) is 11.0 Å². The van der Waals surface area contributed by atoms with Crippen LogP contribution < -0.4 is 0 Å². The molecule has 0 radical (unpaired) electrons. The summed E-state index contributed by atoms with van der Waals surface area (Å²) >= 11 is 0. The van der Waals surface area contributed by atoms with E-state index >= 15 is 0 Å². The minimum absolute atomic E-state index is 0.195. The van der Waals surface area contributed by atoms with Gasteiger partial charge in [0, 0.05) is 58.3 Å². The fourth-order valence-corrected chi connectivity index (χ4v) is 3.56. The minimum atomic E-state index is 0.195. The number of piperazine rings is 1. The van der Waals surface area contributed by atoms with Gasteiger partial charge in [-0.1, -0.05) is 12.1 Å². The lowest BCUT2D eigenvalue weighted by molar-refractivity contribution is -0.130. The number of nitrogens with zero attached hydrogens (tertiary/aromatic N) is 4. The Bertz CT molecular complexity index is 468. The van der Waals surface area contributed by atoms with Crippen LogP contribution in [-0.4, -0.2) is 71.1 Å². The molecule has 6 nitrogen and oxygen atoms in total. The summed E-state index contributed by atoms with van der Waals surface area (Å²) in [5.41, 5.74) is 0. The molecule has 3 rings (SSSR count). The summed E-state index contributed by atoms with van der Waals surface area (Å²) < 4.78 is 5.20. The van der Waals surface area contributed by atoms with Crippen LogP contribution in [-0.2, 0) is 11.3 Å². The van der Waals surface area contributed by atoms with Crippen LogP contribution in [0.2, 0.25) is 0 Å². The van der Waals surface area contributed by atoms with Crippen molar-refractivity contribution in [3.8, 4) is 0 Å². The first-order valence-corrected chi connectivity index (χ1v) is 7.75. The second kappa shape index (κ2) is 6.15. The summed E-state index contributed by atoms with van der Waals surface area (Å²) in [7, 11) is 0. The monoisotopic (exact) mass is 292 g/mol. The van der Waals surface area contributed by atoms with Crippen LogP contribution in [0, 0.1) is 5.92 Å². The normalized spacial score (nSPS) is 28.2. The van der Waals surface area contributed by atoms with Crippen molar-refractivity contribution in [1.29, 1.82) is 0 Å². The zero-order chi connectivity index (χ0) is 14.8. The van der Waals surface area contributed by atoms with Crippen LogP contribution in [0.4, 0.5) is 0 Å². The molecule has 2 aliphatic rings. The zero-order valence-corrected chi connectivity index (χ0v) is 12.9. The molecule has 116 valence electrons. The third-order valence-electron chi connectivity index (χ3n) is 4.75. The average molecular weight is 292 g/mol. The maximum absolute atomic E-state index is 11.4. The highest BCUT2D eigenvalue weighted by Gasteiger charge is 2.35. The first-order chi connectivity index (χ1) is 10.1. The van der Waals surface area contributed by atoms with Gasteiger partial charge < -0.3 is 9.42 Å². The predicted molar refractivity (Wildman–Crippen MR) is 78.6 cm³/mol. The molecule has 0 bridgehead atoms. The highest BCUT2D eigenvalue weighted by Crippen LogP contribution is 2.24. The molecule has 0 aliphatic carbocycles. The van der Waals surface area contributed by atoms with Crippen LogP contribution in [0.1, 0.15) is 19.6 Å². The number of hydrogen-bond donors (Lipinski definition) is 0. The van der Waals surface area contributed by atoms with Crippen molar-refractivity contribution in [2.45, 2.75) is 26.4 Å². The third-order valence-corrected chi connectivity index (χ3v) is 4.75. The van der Waals surface area contributed by atoms with Gasteiger partial charge in [0.15, 0.2) is 5.76 Å². The zero-order valence-electron chi connectivity index (χ0n) is 12.9. The molecule has 0 saturated carbocycles. The van der Waals surface area contributed by atoms with Gasteiger partial charge in [0.05, 0.1) is 12.7 Å².